The zero-order chi connectivity index (χ0) is 13.8. The van der Waals surface area contributed by atoms with Crippen LogP contribution in [0.3, 0.4) is 0 Å². The van der Waals surface area contributed by atoms with Gasteiger partial charge in [0.2, 0.25) is 0 Å². The molecule has 2 rings (SSSR count). The molecule has 0 saturated heterocycles. The molecule has 0 radical (unpaired) electrons. The number of rotatable bonds is 4. The van der Waals surface area contributed by atoms with Gasteiger partial charge < -0.3 is 4.74 Å². The van der Waals surface area contributed by atoms with E-state index >= 15 is 0 Å². The van der Waals surface area contributed by atoms with Crippen molar-refractivity contribution in [3.05, 3.63) is 64.4 Å². The van der Waals surface area contributed by atoms with Crippen molar-refractivity contribution < 1.29 is 9.13 Å². The molecule has 0 saturated carbocycles. The fraction of sp³-hybridized carbons (Fsp3) is 0.200. The first-order chi connectivity index (χ1) is 9.10. The second kappa shape index (κ2) is 6.40. The van der Waals surface area contributed by atoms with Gasteiger partial charge in [0.1, 0.15) is 0 Å². The van der Waals surface area contributed by atoms with E-state index in [4.69, 9.17) is 16.3 Å². The molecule has 100 valence electrons. The highest BCUT2D eigenvalue weighted by atomic mass is 79.9. The highest BCUT2D eigenvalue weighted by molar-refractivity contribution is 9.09. The van der Waals surface area contributed by atoms with Gasteiger partial charge in [0, 0.05) is 9.85 Å². The molecule has 0 aliphatic heterocycles. The zero-order valence-electron chi connectivity index (χ0n) is 10.4. The summed E-state index contributed by atoms with van der Waals surface area (Å²) in [7, 11) is 1.46. The van der Waals surface area contributed by atoms with E-state index in [1.807, 2.05) is 30.3 Å². The molecule has 0 heterocycles. The fourth-order valence-corrected chi connectivity index (χ4v) is 2.61. The smallest absolute Gasteiger partial charge is 0.165 e. The van der Waals surface area contributed by atoms with Crippen molar-refractivity contribution in [3.8, 4) is 5.75 Å². The molecular weight excluding hydrogens is 331 g/mol. The number of methoxy groups -OCH3 is 1. The van der Waals surface area contributed by atoms with Crippen LogP contribution in [0.2, 0.25) is 5.02 Å². The normalized spacial score (nSPS) is 12.2. The van der Waals surface area contributed by atoms with E-state index in [1.54, 1.807) is 6.07 Å². The van der Waals surface area contributed by atoms with E-state index in [1.165, 1.54) is 13.2 Å². The largest absolute Gasteiger partial charge is 0.494 e. The number of halogens is 3. The van der Waals surface area contributed by atoms with Crippen molar-refractivity contribution in [2.45, 2.75) is 11.2 Å². The maximum atomic E-state index is 13.6. The Morgan fingerprint density at radius 1 is 1.21 bits per heavy atom. The SMILES string of the molecule is COc1ccc(C(Br)Cc2ccc(Cl)cc2)cc1F. The quantitative estimate of drug-likeness (QED) is 0.696. The molecule has 1 unspecified atom stereocenters. The Morgan fingerprint density at radius 2 is 1.89 bits per heavy atom. The van der Waals surface area contributed by atoms with Gasteiger partial charge in [-0.3, -0.25) is 0 Å². The first-order valence-corrected chi connectivity index (χ1v) is 7.11. The van der Waals surface area contributed by atoms with Gasteiger partial charge in [-0.1, -0.05) is 45.7 Å². The van der Waals surface area contributed by atoms with Gasteiger partial charge in [-0.25, -0.2) is 4.39 Å². The van der Waals surface area contributed by atoms with Crippen LogP contribution in [0, 0.1) is 5.82 Å². The lowest BCUT2D eigenvalue weighted by atomic mass is 10.0. The van der Waals surface area contributed by atoms with Crippen LogP contribution in [-0.2, 0) is 6.42 Å². The Bertz CT molecular complexity index is 557. The van der Waals surface area contributed by atoms with Crippen LogP contribution >= 0.6 is 27.5 Å². The summed E-state index contributed by atoms with van der Waals surface area (Å²) in [6, 6.07) is 12.6. The number of ether oxygens (including phenoxy) is 1. The lowest BCUT2D eigenvalue weighted by molar-refractivity contribution is 0.386. The number of alkyl halides is 1. The summed E-state index contributed by atoms with van der Waals surface area (Å²) in [6.45, 7) is 0. The van der Waals surface area contributed by atoms with Gasteiger partial charge in [-0.2, -0.15) is 0 Å². The Morgan fingerprint density at radius 3 is 2.47 bits per heavy atom. The summed E-state index contributed by atoms with van der Waals surface area (Å²) >= 11 is 9.43. The third kappa shape index (κ3) is 3.71. The van der Waals surface area contributed by atoms with Crippen molar-refractivity contribution in [2.24, 2.45) is 0 Å². The Hall–Kier alpha value is -1.06. The topological polar surface area (TPSA) is 9.23 Å². The number of hydrogen-bond donors (Lipinski definition) is 0. The standard InChI is InChI=1S/C15H13BrClFO/c1-19-15-7-4-11(9-14(15)18)13(16)8-10-2-5-12(17)6-3-10/h2-7,9,13H,8H2,1H3. The van der Waals surface area contributed by atoms with E-state index in [0.29, 0.717) is 5.02 Å². The lowest BCUT2D eigenvalue weighted by Gasteiger charge is -2.12. The van der Waals surface area contributed by atoms with E-state index in [0.717, 1.165) is 17.5 Å². The monoisotopic (exact) mass is 342 g/mol. The summed E-state index contributed by atoms with van der Waals surface area (Å²) in [6.07, 6.45) is 0.767. The molecule has 2 aromatic rings. The molecule has 4 heteroatoms. The molecule has 2 aromatic carbocycles. The molecule has 19 heavy (non-hydrogen) atoms. The van der Waals surface area contributed by atoms with Crippen LogP contribution in [0.15, 0.2) is 42.5 Å². The summed E-state index contributed by atoms with van der Waals surface area (Å²) < 4.78 is 18.5. The number of hydrogen-bond acceptors (Lipinski definition) is 1. The average Bonchev–Trinajstić information content (AvgIpc) is 2.41. The van der Waals surface area contributed by atoms with Gasteiger partial charge in [-0.15, -0.1) is 0 Å². The third-order valence-corrected chi connectivity index (χ3v) is 3.97. The molecule has 0 aliphatic carbocycles. The fourth-order valence-electron chi connectivity index (χ4n) is 1.82. The minimum Gasteiger partial charge on any atom is -0.494 e. The molecule has 0 spiro atoms. The molecule has 0 bridgehead atoms. The maximum absolute atomic E-state index is 13.6. The molecular formula is C15H13BrClFO. The van der Waals surface area contributed by atoms with Crippen molar-refractivity contribution in [3.63, 3.8) is 0 Å². The molecule has 0 aliphatic rings. The predicted octanol–water partition coefficient (Wildman–Crippen LogP) is 5.17. The third-order valence-electron chi connectivity index (χ3n) is 2.87. The Balaban J connectivity index is 2.13. The van der Waals surface area contributed by atoms with Gasteiger partial charge in [0.05, 0.1) is 7.11 Å². The predicted molar refractivity (Wildman–Crippen MR) is 79.8 cm³/mol. The van der Waals surface area contributed by atoms with Gasteiger partial charge >= 0.3 is 0 Å². The van der Waals surface area contributed by atoms with Crippen LogP contribution < -0.4 is 4.74 Å². The highest BCUT2D eigenvalue weighted by Crippen LogP contribution is 2.30. The first-order valence-electron chi connectivity index (χ1n) is 5.82. The zero-order valence-corrected chi connectivity index (χ0v) is 12.7. The van der Waals surface area contributed by atoms with E-state index in [9.17, 15) is 4.39 Å². The van der Waals surface area contributed by atoms with Crippen molar-refractivity contribution in [1.29, 1.82) is 0 Å². The molecule has 0 amide bonds. The summed E-state index contributed by atoms with van der Waals surface area (Å²) in [5.41, 5.74) is 2.02. The Kier molecular flexibility index (Phi) is 4.83. The average molecular weight is 344 g/mol. The second-order valence-corrected chi connectivity index (χ2v) is 5.73. The van der Waals surface area contributed by atoms with Crippen LogP contribution in [-0.4, -0.2) is 7.11 Å². The molecule has 0 N–H and O–H groups in total. The van der Waals surface area contributed by atoms with Gasteiger partial charge in [0.15, 0.2) is 11.6 Å². The van der Waals surface area contributed by atoms with Crippen LogP contribution in [0.1, 0.15) is 16.0 Å². The molecule has 1 nitrogen and oxygen atoms in total. The summed E-state index contributed by atoms with van der Waals surface area (Å²) in [5.74, 6) is -0.0875. The summed E-state index contributed by atoms with van der Waals surface area (Å²) in [4.78, 5) is 0.0501. The molecule has 0 aromatic heterocycles. The first kappa shape index (κ1) is 14.4. The minimum atomic E-state index is -0.347. The highest BCUT2D eigenvalue weighted by Gasteiger charge is 2.11. The Labute approximate surface area is 125 Å². The van der Waals surface area contributed by atoms with Crippen LogP contribution in [0.5, 0.6) is 5.75 Å². The minimum absolute atomic E-state index is 0.0501. The molecule has 0 fully saturated rings. The molecule has 1 atom stereocenters. The van der Waals surface area contributed by atoms with Crippen molar-refractivity contribution in [1.82, 2.24) is 0 Å². The van der Waals surface area contributed by atoms with Gasteiger partial charge in [-0.05, 0) is 41.8 Å². The maximum Gasteiger partial charge on any atom is 0.165 e. The van der Waals surface area contributed by atoms with Crippen LogP contribution in [0.4, 0.5) is 4.39 Å². The van der Waals surface area contributed by atoms with Gasteiger partial charge in [0.25, 0.3) is 0 Å². The van der Waals surface area contributed by atoms with E-state index in [2.05, 4.69) is 15.9 Å². The van der Waals surface area contributed by atoms with Crippen LogP contribution in [0.25, 0.3) is 0 Å². The number of benzene rings is 2. The summed E-state index contributed by atoms with van der Waals surface area (Å²) in [5, 5.41) is 0.713. The van der Waals surface area contributed by atoms with Crippen molar-refractivity contribution in [2.75, 3.05) is 7.11 Å². The van der Waals surface area contributed by atoms with Crippen molar-refractivity contribution >= 4 is 27.5 Å². The second-order valence-electron chi connectivity index (χ2n) is 4.19. The lowest BCUT2D eigenvalue weighted by Crippen LogP contribution is -1.97. The van der Waals surface area contributed by atoms with E-state index < -0.39 is 0 Å². The van der Waals surface area contributed by atoms with E-state index in [-0.39, 0.29) is 16.4 Å².